The second kappa shape index (κ2) is 8.44. The predicted molar refractivity (Wildman–Crippen MR) is 133 cm³/mol. The zero-order chi connectivity index (χ0) is 26.0. The maximum absolute atomic E-state index is 13.1. The standard InChI is InChI=1S/C27H23F3N8/c1-37-13-21(27(28,29)30)34-25(37)17-7-5-15(6-8-17)12-38-26-22-19(3-2-4-20(22)36-38)33-24(35-26)18-11-31-14-32-23(18)16-9-10-16/h5-8,11,13-14,16H,2-4,9-10,12H2,1H3. The molecule has 1 fully saturated rings. The van der Waals surface area contributed by atoms with Crippen molar-refractivity contribution < 1.29 is 13.2 Å². The normalized spacial score (nSPS) is 15.4. The van der Waals surface area contributed by atoms with Crippen molar-refractivity contribution in [1.82, 2.24) is 39.3 Å². The Hall–Kier alpha value is -4.15. The molecule has 0 radical (unpaired) electrons. The van der Waals surface area contributed by atoms with Crippen LogP contribution in [0.2, 0.25) is 0 Å². The first-order chi connectivity index (χ1) is 18.3. The summed E-state index contributed by atoms with van der Waals surface area (Å²) in [6.45, 7) is 0.474. The van der Waals surface area contributed by atoms with Gasteiger partial charge in [0, 0.05) is 30.9 Å². The number of imidazole rings is 1. The van der Waals surface area contributed by atoms with Crippen molar-refractivity contribution in [3.8, 4) is 22.8 Å². The monoisotopic (exact) mass is 516 g/mol. The van der Waals surface area contributed by atoms with E-state index in [1.165, 1.54) is 4.57 Å². The molecule has 4 aromatic heterocycles. The Balaban J connectivity index is 1.25. The van der Waals surface area contributed by atoms with Crippen molar-refractivity contribution in [2.45, 2.75) is 50.7 Å². The number of benzene rings is 1. The van der Waals surface area contributed by atoms with Gasteiger partial charge in [0.25, 0.3) is 0 Å². The molecule has 0 spiro atoms. The molecule has 8 nitrogen and oxygen atoms in total. The van der Waals surface area contributed by atoms with Crippen LogP contribution in [0.1, 0.15) is 53.5 Å². The van der Waals surface area contributed by atoms with E-state index < -0.39 is 11.9 Å². The van der Waals surface area contributed by atoms with Crippen LogP contribution in [0.5, 0.6) is 0 Å². The van der Waals surface area contributed by atoms with Crippen LogP contribution < -0.4 is 0 Å². The van der Waals surface area contributed by atoms with Gasteiger partial charge < -0.3 is 4.57 Å². The van der Waals surface area contributed by atoms with Gasteiger partial charge in [-0.25, -0.2) is 29.6 Å². The first-order valence-electron chi connectivity index (χ1n) is 12.6. The Bertz CT molecular complexity index is 1680. The third-order valence-corrected chi connectivity index (χ3v) is 7.23. The lowest BCUT2D eigenvalue weighted by atomic mass is 10.0. The average molecular weight is 517 g/mol. The molecular formula is C27H23F3N8. The van der Waals surface area contributed by atoms with Crippen LogP contribution in [0.3, 0.4) is 0 Å². The Morgan fingerprint density at radius 3 is 2.53 bits per heavy atom. The third-order valence-electron chi connectivity index (χ3n) is 7.23. The van der Waals surface area contributed by atoms with E-state index >= 15 is 0 Å². The molecule has 4 heterocycles. The van der Waals surface area contributed by atoms with E-state index in [1.54, 1.807) is 31.7 Å². The lowest BCUT2D eigenvalue weighted by Crippen LogP contribution is -2.06. The van der Waals surface area contributed by atoms with Crippen molar-refractivity contribution in [2.75, 3.05) is 0 Å². The van der Waals surface area contributed by atoms with E-state index in [0.717, 1.165) is 77.5 Å². The third kappa shape index (κ3) is 3.93. The number of rotatable bonds is 5. The van der Waals surface area contributed by atoms with E-state index in [2.05, 4.69) is 15.0 Å². The molecular weight excluding hydrogens is 493 g/mol. The molecule has 0 atom stereocenters. The minimum absolute atomic E-state index is 0.264. The number of hydrogen-bond acceptors (Lipinski definition) is 6. The lowest BCUT2D eigenvalue weighted by molar-refractivity contribution is -0.140. The number of aromatic nitrogens is 8. The minimum atomic E-state index is -4.48. The molecule has 2 aliphatic carbocycles. The highest BCUT2D eigenvalue weighted by Gasteiger charge is 2.34. The fourth-order valence-electron chi connectivity index (χ4n) is 5.23. The summed E-state index contributed by atoms with van der Waals surface area (Å²) >= 11 is 0. The smallest absolute Gasteiger partial charge is 0.333 e. The molecule has 1 aromatic carbocycles. The largest absolute Gasteiger partial charge is 0.434 e. The second-order valence-electron chi connectivity index (χ2n) is 10.0. The van der Waals surface area contributed by atoms with E-state index in [9.17, 15) is 13.2 Å². The molecule has 38 heavy (non-hydrogen) atoms. The second-order valence-corrected chi connectivity index (χ2v) is 10.0. The molecule has 0 bridgehead atoms. The van der Waals surface area contributed by atoms with Gasteiger partial charge in [-0.05, 0) is 37.7 Å². The lowest BCUT2D eigenvalue weighted by Gasteiger charge is -2.12. The Labute approximate surface area is 215 Å². The maximum Gasteiger partial charge on any atom is 0.434 e. The number of halogens is 3. The zero-order valence-corrected chi connectivity index (χ0v) is 20.6. The Morgan fingerprint density at radius 2 is 1.79 bits per heavy atom. The number of alkyl halides is 3. The van der Waals surface area contributed by atoms with Crippen molar-refractivity contribution in [2.24, 2.45) is 7.05 Å². The summed E-state index contributed by atoms with van der Waals surface area (Å²) in [7, 11) is 1.56. The SMILES string of the molecule is Cn1cc(C(F)(F)F)nc1-c1ccc(Cn2nc3c4c(nc(-c5cncnc5C5CC5)nc42)CCC3)cc1. The van der Waals surface area contributed by atoms with Crippen LogP contribution in [0.15, 0.2) is 43.0 Å². The molecule has 0 unspecified atom stereocenters. The van der Waals surface area contributed by atoms with Crippen molar-refractivity contribution in [1.29, 1.82) is 0 Å². The van der Waals surface area contributed by atoms with Crippen molar-refractivity contribution in [3.63, 3.8) is 0 Å². The molecule has 0 N–H and O–H groups in total. The molecule has 11 heteroatoms. The fourth-order valence-corrected chi connectivity index (χ4v) is 5.23. The molecule has 7 rings (SSSR count). The van der Waals surface area contributed by atoms with Gasteiger partial charge in [0.15, 0.2) is 17.2 Å². The van der Waals surface area contributed by atoms with Gasteiger partial charge in [-0.15, -0.1) is 0 Å². The van der Waals surface area contributed by atoms with Crippen LogP contribution in [0.25, 0.3) is 33.8 Å². The molecule has 0 aliphatic heterocycles. The van der Waals surface area contributed by atoms with E-state index in [4.69, 9.17) is 15.1 Å². The number of aryl methyl sites for hydroxylation is 3. The van der Waals surface area contributed by atoms with Crippen LogP contribution in [-0.2, 0) is 32.6 Å². The van der Waals surface area contributed by atoms with E-state index in [1.807, 2.05) is 16.8 Å². The summed E-state index contributed by atoms with van der Waals surface area (Å²) in [5.41, 5.74) is 5.35. The summed E-state index contributed by atoms with van der Waals surface area (Å²) < 4.78 is 42.6. The molecule has 0 saturated heterocycles. The molecule has 1 saturated carbocycles. The molecule has 0 amide bonds. The summed E-state index contributed by atoms with van der Waals surface area (Å²) in [6, 6.07) is 7.36. The number of hydrogen-bond donors (Lipinski definition) is 0. The highest BCUT2D eigenvalue weighted by Crippen LogP contribution is 2.42. The van der Waals surface area contributed by atoms with E-state index in [0.29, 0.717) is 23.9 Å². The van der Waals surface area contributed by atoms with Crippen LogP contribution >= 0.6 is 0 Å². The highest BCUT2D eigenvalue weighted by molar-refractivity contribution is 5.84. The van der Waals surface area contributed by atoms with Gasteiger partial charge in [-0.2, -0.15) is 18.3 Å². The first kappa shape index (κ1) is 23.0. The van der Waals surface area contributed by atoms with Crippen LogP contribution in [0, 0.1) is 0 Å². The summed E-state index contributed by atoms with van der Waals surface area (Å²) in [5, 5.41) is 5.91. The molecule has 2 aliphatic rings. The van der Waals surface area contributed by atoms with Gasteiger partial charge in [0.05, 0.1) is 34.6 Å². The van der Waals surface area contributed by atoms with Gasteiger partial charge in [-0.3, -0.25) is 0 Å². The summed E-state index contributed by atoms with van der Waals surface area (Å²) in [4.78, 5) is 22.5. The highest BCUT2D eigenvalue weighted by atomic mass is 19.4. The van der Waals surface area contributed by atoms with Crippen molar-refractivity contribution in [3.05, 3.63) is 71.3 Å². The average Bonchev–Trinajstić information content (AvgIpc) is 3.59. The van der Waals surface area contributed by atoms with Crippen LogP contribution in [-0.4, -0.2) is 39.3 Å². The van der Waals surface area contributed by atoms with Gasteiger partial charge in [-0.1, -0.05) is 24.3 Å². The zero-order valence-electron chi connectivity index (χ0n) is 20.6. The molecule has 192 valence electrons. The quantitative estimate of drug-likeness (QED) is 0.322. The van der Waals surface area contributed by atoms with Gasteiger partial charge in [0.1, 0.15) is 12.2 Å². The summed E-state index contributed by atoms with van der Waals surface area (Å²) in [5.74, 6) is 1.34. The number of nitrogens with zero attached hydrogens (tertiary/aromatic N) is 8. The molecule has 5 aromatic rings. The Morgan fingerprint density at radius 1 is 1.00 bits per heavy atom. The van der Waals surface area contributed by atoms with Gasteiger partial charge in [0.2, 0.25) is 0 Å². The predicted octanol–water partition coefficient (Wildman–Crippen LogP) is 5.12. The first-order valence-corrected chi connectivity index (χ1v) is 12.6. The van der Waals surface area contributed by atoms with Crippen molar-refractivity contribution >= 4 is 11.0 Å². The topological polar surface area (TPSA) is 87.2 Å². The fraction of sp³-hybridized carbons (Fsp3) is 0.333. The maximum atomic E-state index is 13.1. The Kier molecular flexibility index (Phi) is 5.11. The minimum Gasteiger partial charge on any atom is -0.333 e. The summed E-state index contributed by atoms with van der Waals surface area (Å²) in [6.07, 6.45) is 4.87. The van der Waals surface area contributed by atoms with E-state index in [-0.39, 0.29) is 5.82 Å². The van der Waals surface area contributed by atoms with Gasteiger partial charge >= 0.3 is 6.18 Å². The van der Waals surface area contributed by atoms with Crippen LogP contribution in [0.4, 0.5) is 13.2 Å².